The Morgan fingerprint density at radius 3 is 2.63 bits per heavy atom. The molecule has 2 heterocycles. The van der Waals surface area contributed by atoms with Gasteiger partial charge in [-0.3, -0.25) is 4.79 Å². The van der Waals surface area contributed by atoms with Crippen LogP contribution in [0.5, 0.6) is 0 Å². The van der Waals surface area contributed by atoms with E-state index in [0.29, 0.717) is 10.9 Å². The molecule has 96 valence electrons. The predicted molar refractivity (Wildman–Crippen MR) is 78.0 cm³/mol. The van der Waals surface area contributed by atoms with Crippen molar-refractivity contribution in [1.82, 2.24) is 4.57 Å². The monoisotopic (exact) mass is 272 g/mol. The van der Waals surface area contributed by atoms with Crippen molar-refractivity contribution in [1.29, 1.82) is 0 Å². The topological polar surface area (TPSA) is 65.1 Å². The van der Waals surface area contributed by atoms with Gasteiger partial charge in [-0.15, -0.1) is 11.3 Å². The van der Waals surface area contributed by atoms with Gasteiger partial charge in [-0.1, -0.05) is 18.2 Å². The van der Waals surface area contributed by atoms with E-state index < -0.39 is 6.03 Å². The lowest BCUT2D eigenvalue weighted by atomic mass is 10.1. The number of fused-ring (bicyclic) bond motifs is 3. The standard InChI is InChI=1S/C14H12N2O2S/c1-7-8(2)19-12-9-5-3-4-6-10(9)16(14(15)18)13(17)11(7)12/h3-6H,1-2H3,(H2,15,18). The molecule has 0 saturated heterocycles. The zero-order valence-electron chi connectivity index (χ0n) is 10.6. The molecule has 1 amide bonds. The summed E-state index contributed by atoms with van der Waals surface area (Å²) in [6.07, 6.45) is 0. The molecule has 19 heavy (non-hydrogen) atoms. The average molecular weight is 272 g/mol. The van der Waals surface area contributed by atoms with E-state index in [1.165, 1.54) is 0 Å². The van der Waals surface area contributed by atoms with Gasteiger partial charge in [-0.25, -0.2) is 9.36 Å². The Balaban J connectivity index is 2.74. The second kappa shape index (κ2) is 3.93. The maximum Gasteiger partial charge on any atom is 0.326 e. The Kier molecular flexibility index (Phi) is 2.46. The summed E-state index contributed by atoms with van der Waals surface area (Å²) in [6.45, 7) is 3.87. The van der Waals surface area contributed by atoms with Crippen LogP contribution in [-0.2, 0) is 0 Å². The fraction of sp³-hybridized carbons (Fsp3) is 0.143. The highest BCUT2D eigenvalue weighted by Gasteiger charge is 2.17. The maximum atomic E-state index is 12.5. The number of benzene rings is 1. The zero-order chi connectivity index (χ0) is 13.7. The van der Waals surface area contributed by atoms with Crippen LogP contribution < -0.4 is 11.3 Å². The van der Waals surface area contributed by atoms with E-state index in [4.69, 9.17) is 5.73 Å². The molecule has 0 atom stereocenters. The SMILES string of the molecule is Cc1sc2c(c1C)c(=O)n(C(N)=O)c1ccccc21. The van der Waals surface area contributed by atoms with E-state index >= 15 is 0 Å². The first-order valence-electron chi connectivity index (χ1n) is 5.85. The van der Waals surface area contributed by atoms with Crippen molar-refractivity contribution < 1.29 is 4.79 Å². The molecule has 0 fully saturated rings. The van der Waals surface area contributed by atoms with E-state index in [9.17, 15) is 9.59 Å². The van der Waals surface area contributed by atoms with Gasteiger partial charge in [-0.05, 0) is 25.5 Å². The number of carbonyl (C=O) groups excluding carboxylic acids is 1. The molecular weight excluding hydrogens is 260 g/mol. The third-order valence-electron chi connectivity index (χ3n) is 3.41. The van der Waals surface area contributed by atoms with Gasteiger partial charge < -0.3 is 5.73 Å². The second-order valence-electron chi connectivity index (χ2n) is 4.48. The number of carbonyl (C=O) groups is 1. The first kappa shape index (κ1) is 11.9. The summed E-state index contributed by atoms with van der Waals surface area (Å²) >= 11 is 1.58. The highest BCUT2D eigenvalue weighted by molar-refractivity contribution is 7.20. The van der Waals surface area contributed by atoms with E-state index in [2.05, 4.69) is 0 Å². The van der Waals surface area contributed by atoms with Crippen LogP contribution in [-0.4, -0.2) is 10.6 Å². The first-order valence-corrected chi connectivity index (χ1v) is 6.67. The molecule has 3 rings (SSSR count). The number of rotatable bonds is 0. The number of nitrogens with two attached hydrogens (primary N) is 1. The molecule has 0 spiro atoms. The van der Waals surface area contributed by atoms with Crippen molar-refractivity contribution in [3.63, 3.8) is 0 Å². The van der Waals surface area contributed by atoms with Crippen molar-refractivity contribution >= 4 is 38.4 Å². The van der Waals surface area contributed by atoms with Gasteiger partial charge >= 0.3 is 6.03 Å². The summed E-state index contributed by atoms with van der Waals surface area (Å²) in [6, 6.07) is 6.59. The first-order chi connectivity index (χ1) is 9.02. The van der Waals surface area contributed by atoms with Gasteiger partial charge in [-0.2, -0.15) is 0 Å². The molecule has 0 radical (unpaired) electrons. The van der Waals surface area contributed by atoms with Gasteiger partial charge in [0.15, 0.2) is 0 Å². The van der Waals surface area contributed by atoms with Crippen molar-refractivity contribution in [3.8, 4) is 0 Å². The number of aromatic nitrogens is 1. The van der Waals surface area contributed by atoms with Crippen LogP contribution in [0.1, 0.15) is 10.4 Å². The number of aryl methyl sites for hydroxylation is 2. The van der Waals surface area contributed by atoms with Crippen LogP contribution in [0.15, 0.2) is 29.1 Å². The van der Waals surface area contributed by atoms with E-state index in [1.807, 2.05) is 26.0 Å². The van der Waals surface area contributed by atoms with Crippen LogP contribution in [0.4, 0.5) is 4.79 Å². The van der Waals surface area contributed by atoms with Gasteiger partial charge in [0.05, 0.1) is 10.9 Å². The van der Waals surface area contributed by atoms with Gasteiger partial charge in [0.1, 0.15) is 0 Å². The Hall–Kier alpha value is -2.14. The van der Waals surface area contributed by atoms with Crippen LogP contribution >= 0.6 is 11.3 Å². The summed E-state index contributed by atoms with van der Waals surface area (Å²) in [7, 11) is 0. The molecule has 0 saturated carbocycles. The van der Waals surface area contributed by atoms with Gasteiger partial charge in [0, 0.05) is 15.0 Å². The number of thiophene rings is 1. The lowest BCUT2D eigenvalue weighted by Gasteiger charge is -2.07. The quantitative estimate of drug-likeness (QED) is 0.684. The minimum absolute atomic E-state index is 0.331. The molecule has 2 aromatic heterocycles. The molecule has 0 unspecified atom stereocenters. The van der Waals surface area contributed by atoms with Crippen LogP contribution in [0, 0.1) is 13.8 Å². The van der Waals surface area contributed by atoms with E-state index in [-0.39, 0.29) is 5.56 Å². The van der Waals surface area contributed by atoms with Crippen molar-refractivity contribution in [3.05, 3.63) is 45.1 Å². The Morgan fingerprint density at radius 2 is 1.95 bits per heavy atom. The van der Waals surface area contributed by atoms with Crippen molar-refractivity contribution in [2.45, 2.75) is 13.8 Å². The van der Waals surface area contributed by atoms with Gasteiger partial charge in [0.25, 0.3) is 5.56 Å². The van der Waals surface area contributed by atoms with Crippen LogP contribution in [0.2, 0.25) is 0 Å². The third kappa shape index (κ3) is 1.51. The molecule has 0 aliphatic carbocycles. The average Bonchev–Trinajstić information content (AvgIpc) is 2.66. The molecule has 0 aliphatic rings. The van der Waals surface area contributed by atoms with Gasteiger partial charge in [0.2, 0.25) is 0 Å². The highest BCUT2D eigenvalue weighted by Crippen LogP contribution is 2.33. The number of amides is 1. The van der Waals surface area contributed by atoms with Crippen molar-refractivity contribution in [2.75, 3.05) is 0 Å². The Labute approximate surface area is 113 Å². The molecular formula is C14H12N2O2S. The van der Waals surface area contributed by atoms with Crippen molar-refractivity contribution in [2.24, 2.45) is 5.73 Å². The number of hydrogen-bond donors (Lipinski definition) is 1. The maximum absolute atomic E-state index is 12.5. The fourth-order valence-electron chi connectivity index (χ4n) is 2.37. The van der Waals surface area contributed by atoms with E-state index in [0.717, 1.165) is 25.1 Å². The molecule has 4 nitrogen and oxygen atoms in total. The van der Waals surface area contributed by atoms with E-state index in [1.54, 1.807) is 23.5 Å². The number of para-hydroxylation sites is 1. The molecule has 3 aromatic rings. The minimum atomic E-state index is -0.744. The number of nitrogens with zero attached hydrogens (tertiary/aromatic N) is 1. The third-order valence-corrected chi connectivity index (χ3v) is 4.65. The molecule has 5 heteroatoms. The molecule has 0 aliphatic heterocycles. The summed E-state index contributed by atoms with van der Waals surface area (Å²) in [5.41, 5.74) is 6.51. The summed E-state index contributed by atoms with van der Waals surface area (Å²) in [4.78, 5) is 25.2. The smallest absolute Gasteiger partial charge is 0.326 e. The molecule has 2 N–H and O–H groups in total. The Bertz CT molecular complexity index is 890. The zero-order valence-corrected chi connectivity index (χ0v) is 11.4. The van der Waals surface area contributed by atoms with Crippen LogP contribution in [0.3, 0.4) is 0 Å². The number of primary amides is 1. The Morgan fingerprint density at radius 1 is 1.26 bits per heavy atom. The summed E-state index contributed by atoms with van der Waals surface area (Å²) in [5.74, 6) is 0. The minimum Gasteiger partial charge on any atom is -0.351 e. The molecule has 0 bridgehead atoms. The lowest BCUT2D eigenvalue weighted by molar-refractivity contribution is 0.250. The second-order valence-corrected chi connectivity index (χ2v) is 5.71. The number of pyridine rings is 1. The summed E-state index contributed by atoms with van der Waals surface area (Å²) < 4.78 is 1.98. The number of hydrogen-bond acceptors (Lipinski definition) is 3. The van der Waals surface area contributed by atoms with Crippen LogP contribution in [0.25, 0.3) is 21.0 Å². The highest BCUT2D eigenvalue weighted by atomic mass is 32.1. The molecule has 1 aromatic carbocycles. The lowest BCUT2D eigenvalue weighted by Crippen LogP contribution is -2.32. The normalized spacial score (nSPS) is 11.3. The fourth-order valence-corrected chi connectivity index (χ4v) is 3.56. The largest absolute Gasteiger partial charge is 0.351 e. The predicted octanol–water partition coefficient (Wildman–Crippen LogP) is 2.76. The summed E-state index contributed by atoms with van der Waals surface area (Å²) in [5, 5.41) is 1.48.